The van der Waals surface area contributed by atoms with Crippen molar-refractivity contribution in [2.75, 3.05) is 30.9 Å². The van der Waals surface area contributed by atoms with Crippen molar-refractivity contribution in [1.82, 2.24) is 9.88 Å². The van der Waals surface area contributed by atoms with Crippen LogP contribution in [-0.2, 0) is 10.2 Å². The Morgan fingerprint density at radius 3 is 2.41 bits per heavy atom. The van der Waals surface area contributed by atoms with Crippen LogP contribution in [0.15, 0.2) is 66.9 Å². The fourth-order valence-electron chi connectivity index (χ4n) is 5.02. The summed E-state index contributed by atoms with van der Waals surface area (Å²) in [5.74, 6) is -0.583. The Morgan fingerprint density at radius 2 is 1.76 bits per heavy atom. The summed E-state index contributed by atoms with van der Waals surface area (Å²) in [5, 5.41) is 3.16. The summed E-state index contributed by atoms with van der Waals surface area (Å²) >= 11 is 0. The Kier molecular flexibility index (Phi) is 7.67. The van der Waals surface area contributed by atoms with Gasteiger partial charge in [-0.05, 0) is 72.2 Å². The molecule has 2 heterocycles. The molecule has 0 aliphatic carbocycles. The lowest BCUT2D eigenvalue weighted by molar-refractivity contribution is -0.123. The molecule has 2 amide bonds. The second kappa shape index (κ2) is 10.8. The highest BCUT2D eigenvalue weighted by Gasteiger charge is 2.40. The number of hydrogen-bond donors (Lipinski definition) is 1. The molecule has 0 radical (unpaired) electrons. The van der Waals surface area contributed by atoms with Crippen molar-refractivity contribution in [1.29, 1.82) is 0 Å². The highest BCUT2D eigenvalue weighted by molar-refractivity contribution is 5.96. The van der Waals surface area contributed by atoms with E-state index < -0.39 is 0 Å². The molecule has 1 aliphatic rings. The van der Waals surface area contributed by atoms with E-state index in [2.05, 4.69) is 37.1 Å². The number of amides is 2. The van der Waals surface area contributed by atoms with Gasteiger partial charge in [0.15, 0.2) is 0 Å². The lowest BCUT2D eigenvalue weighted by Gasteiger charge is -2.41. The molecular weight excluding hydrogens is 460 g/mol. The summed E-state index contributed by atoms with van der Waals surface area (Å²) in [6.07, 6.45) is 3.11. The molecule has 0 bridgehead atoms. The predicted molar refractivity (Wildman–Crippen MR) is 150 cm³/mol. The van der Waals surface area contributed by atoms with Crippen LogP contribution in [0.3, 0.4) is 0 Å². The average molecular weight is 499 g/mol. The Morgan fingerprint density at radius 1 is 1.03 bits per heavy atom. The van der Waals surface area contributed by atoms with E-state index in [0.29, 0.717) is 18.7 Å². The van der Waals surface area contributed by atoms with Crippen LogP contribution >= 0.6 is 0 Å². The van der Waals surface area contributed by atoms with E-state index in [1.807, 2.05) is 85.4 Å². The van der Waals surface area contributed by atoms with Gasteiger partial charge >= 0.3 is 0 Å². The molecule has 6 nitrogen and oxygen atoms in total. The van der Waals surface area contributed by atoms with Crippen LogP contribution in [0, 0.1) is 12.8 Å². The second-order valence-corrected chi connectivity index (χ2v) is 11.2. The second-order valence-electron chi connectivity index (χ2n) is 11.2. The molecule has 1 aliphatic heterocycles. The quantitative estimate of drug-likeness (QED) is 0.470. The highest BCUT2D eigenvalue weighted by atomic mass is 16.2. The van der Waals surface area contributed by atoms with Gasteiger partial charge in [0.25, 0.3) is 5.91 Å². The Bertz CT molecular complexity index is 1260. The maximum atomic E-state index is 13.8. The van der Waals surface area contributed by atoms with Gasteiger partial charge in [0.05, 0.1) is 12.0 Å². The first-order valence-electron chi connectivity index (χ1n) is 13.0. The van der Waals surface area contributed by atoms with Crippen molar-refractivity contribution in [2.45, 2.75) is 52.0 Å². The van der Waals surface area contributed by atoms with Crippen LogP contribution < -0.4 is 10.2 Å². The van der Waals surface area contributed by atoms with Gasteiger partial charge < -0.3 is 15.1 Å². The number of likely N-dealkylation sites (tertiary alicyclic amines) is 1. The number of carbonyl (C=O) groups excluding carboxylic acids is 2. The molecule has 1 aromatic heterocycles. The van der Waals surface area contributed by atoms with Gasteiger partial charge in [-0.3, -0.25) is 14.6 Å². The molecule has 2 atom stereocenters. The standard InChI is InChI=1S/C31H38N4O2/c1-21-10-8-18-32-27(21)30(37)35-19-9-13-26(28(35)22-14-16-25(17-15-22)34(5)6)29(36)33-24-12-7-11-23(20-24)31(2,3)4/h7-8,10-12,14-18,20,26,28H,9,13,19H2,1-6H3,(H,33,36)/t26?,28-/m0/s1. The Labute approximate surface area is 220 Å². The molecule has 194 valence electrons. The molecule has 1 N–H and O–H groups in total. The number of nitrogens with one attached hydrogen (secondary N) is 1. The van der Waals surface area contributed by atoms with Crippen molar-refractivity contribution in [3.8, 4) is 0 Å². The normalized spacial score (nSPS) is 17.8. The van der Waals surface area contributed by atoms with Crippen LogP contribution in [0.1, 0.15) is 66.8 Å². The van der Waals surface area contributed by atoms with Crippen LogP contribution in [0.2, 0.25) is 0 Å². The van der Waals surface area contributed by atoms with Crippen LogP contribution in [-0.4, -0.2) is 42.3 Å². The fourth-order valence-corrected chi connectivity index (χ4v) is 5.02. The number of nitrogens with zero attached hydrogens (tertiary/aromatic N) is 3. The lowest BCUT2D eigenvalue weighted by atomic mass is 9.83. The highest BCUT2D eigenvalue weighted by Crippen LogP contribution is 2.38. The minimum atomic E-state index is -0.385. The molecule has 6 heteroatoms. The SMILES string of the molecule is Cc1cccnc1C(=O)N1CCCC(C(=O)Nc2cccc(C(C)(C)C)c2)[C@@H]1c1ccc(N(C)C)cc1. The van der Waals surface area contributed by atoms with Gasteiger partial charge in [-0.1, -0.05) is 51.1 Å². The summed E-state index contributed by atoms with van der Waals surface area (Å²) in [6, 6.07) is 19.5. The van der Waals surface area contributed by atoms with E-state index in [1.54, 1.807) is 6.20 Å². The lowest BCUT2D eigenvalue weighted by Crippen LogP contribution is -2.46. The molecule has 1 saturated heterocycles. The van der Waals surface area contributed by atoms with Gasteiger partial charge in [0, 0.05) is 38.2 Å². The zero-order valence-corrected chi connectivity index (χ0v) is 22.8. The van der Waals surface area contributed by atoms with E-state index in [4.69, 9.17) is 0 Å². The van der Waals surface area contributed by atoms with Crippen molar-refractivity contribution in [2.24, 2.45) is 5.92 Å². The van der Waals surface area contributed by atoms with Crippen LogP contribution in [0.4, 0.5) is 11.4 Å². The van der Waals surface area contributed by atoms with Crippen molar-refractivity contribution in [3.05, 3.63) is 89.2 Å². The molecular formula is C31H38N4O2. The van der Waals surface area contributed by atoms with E-state index in [0.717, 1.165) is 34.5 Å². The summed E-state index contributed by atoms with van der Waals surface area (Å²) in [5.41, 5.74) is 5.21. The third-order valence-electron chi connectivity index (χ3n) is 7.19. The number of aryl methyl sites for hydroxylation is 1. The largest absolute Gasteiger partial charge is 0.378 e. The van der Waals surface area contributed by atoms with Gasteiger partial charge in [0.2, 0.25) is 5.91 Å². The molecule has 1 unspecified atom stereocenters. The maximum absolute atomic E-state index is 13.8. The van der Waals surface area contributed by atoms with E-state index in [1.165, 1.54) is 0 Å². The third kappa shape index (κ3) is 5.85. The summed E-state index contributed by atoms with van der Waals surface area (Å²) < 4.78 is 0. The van der Waals surface area contributed by atoms with Crippen molar-refractivity contribution < 1.29 is 9.59 Å². The molecule has 0 saturated carbocycles. The third-order valence-corrected chi connectivity index (χ3v) is 7.19. The number of benzene rings is 2. The molecule has 37 heavy (non-hydrogen) atoms. The number of hydrogen-bond acceptors (Lipinski definition) is 4. The van der Waals surface area contributed by atoms with Gasteiger partial charge in [-0.15, -0.1) is 0 Å². The number of rotatable bonds is 5. The van der Waals surface area contributed by atoms with Crippen LogP contribution in [0.25, 0.3) is 0 Å². The minimum Gasteiger partial charge on any atom is -0.378 e. The first-order chi connectivity index (χ1) is 17.6. The number of aromatic nitrogens is 1. The van der Waals surface area contributed by atoms with Crippen LogP contribution in [0.5, 0.6) is 0 Å². The fraction of sp³-hybridized carbons (Fsp3) is 0.387. The first-order valence-corrected chi connectivity index (χ1v) is 13.0. The monoisotopic (exact) mass is 498 g/mol. The number of piperidine rings is 1. The van der Waals surface area contributed by atoms with Gasteiger partial charge in [-0.25, -0.2) is 0 Å². The number of anilines is 2. The molecule has 0 spiro atoms. The molecule has 3 aromatic rings. The van der Waals surface area contributed by atoms with E-state index >= 15 is 0 Å². The van der Waals surface area contributed by atoms with Gasteiger partial charge in [-0.2, -0.15) is 0 Å². The molecule has 1 fully saturated rings. The summed E-state index contributed by atoms with van der Waals surface area (Å²) in [6.45, 7) is 8.96. The van der Waals surface area contributed by atoms with Gasteiger partial charge in [0.1, 0.15) is 5.69 Å². The van der Waals surface area contributed by atoms with Crippen molar-refractivity contribution >= 4 is 23.2 Å². The number of pyridine rings is 1. The minimum absolute atomic E-state index is 0.0218. The predicted octanol–water partition coefficient (Wildman–Crippen LogP) is 5.99. The zero-order valence-electron chi connectivity index (χ0n) is 22.8. The van der Waals surface area contributed by atoms with E-state index in [9.17, 15) is 9.59 Å². The maximum Gasteiger partial charge on any atom is 0.273 e. The zero-order chi connectivity index (χ0) is 26.7. The number of carbonyl (C=O) groups is 2. The average Bonchev–Trinajstić information content (AvgIpc) is 2.88. The molecule has 4 rings (SSSR count). The van der Waals surface area contributed by atoms with E-state index in [-0.39, 0.29) is 29.2 Å². The smallest absolute Gasteiger partial charge is 0.273 e. The summed E-state index contributed by atoms with van der Waals surface area (Å²) in [4.78, 5) is 35.8. The summed E-state index contributed by atoms with van der Waals surface area (Å²) in [7, 11) is 3.99. The Balaban J connectivity index is 1.70. The Hall–Kier alpha value is -3.67. The first kappa shape index (κ1) is 26.4. The van der Waals surface area contributed by atoms with Crippen molar-refractivity contribution in [3.63, 3.8) is 0 Å². The molecule has 2 aromatic carbocycles. The topological polar surface area (TPSA) is 65.5 Å².